The van der Waals surface area contributed by atoms with Crippen LogP contribution in [-0.4, -0.2) is 31.1 Å². The zero-order valence-electron chi connectivity index (χ0n) is 20.0. The van der Waals surface area contributed by atoms with E-state index in [-0.39, 0.29) is 28.6 Å². The smallest absolute Gasteiger partial charge is 0.434 e. The first kappa shape index (κ1) is 24.3. The van der Waals surface area contributed by atoms with Crippen molar-refractivity contribution in [3.05, 3.63) is 72.4 Å². The maximum absolute atomic E-state index is 13.0. The molecule has 4 aromatic rings. The Morgan fingerprint density at radius 3 is 2.37 bits per heavy atom. The van der Waals surface area contributed by atoms with Crippen LogP contribution in [-0.2, 0) is 20.2 Å². The van der Waals surface area contributed by atoms with Crippen molar-refractivity contribution in [3.63, 3.8) is 0 Å². The maximum Gasteiger partial charge on any atom is 0.515 e. The minimum atomic E-state index is -3.87. The van der Waals surface area contributed by atoms with Gasteiger partial charge in [-0.1, -0.05) is 63.2 Å². The Labute approximate surface area is 204 Å². The van der Waals surface area contributed by atoms with Crippen molar-refractivity contribution < 1.29 is 22.7 Å². The topological polar surface area (TPSA) is 110 Å². The zero-order valence-corrected chi connectivity index (χ0v) is 20.8. The lowest BCUT2D eigenvalue weighted by Gasteiger charge is -2.19. The van der Waals surface area contributed by atoms with Crippen molar-refractivity contribution >= 4 is 32.9 Å². The van der Waals surface area contributed by atoms with Gasteiger partial charge >= 0.3 is 6.16 Å². The summed E-state index contributed by atoms with van der Waals surface area (Å²) in [4.78, 5) is 19.4. The van der Waals surface area contributed by atoms with Gasteiger partial charge in [0.05, 0.1) is 28.8 Å². The Bertz CT molecular complexity index is 1450. The van der Waals surface area contributed by atoms with E-state index >= 15 is 0 Å². The fourth-order valence-electron chi connectivity index (χ4n) is 3.65. The van der Waals surface area contributed by atoms with E-state index in [1.54, 1.807) is 25.1 Å². The number of benzene rings is 2. The normalized spacial score (nSPS) is 11.9. The predicted molar refractivity (Wildman–Crippen MR) is 135 cm³/mol. The molecular weight excluding hydrogens is 466 g/mol. The summed E-state index contributed by atoms with van der Waals surface area (Å²) in [6.45, 7) is 8.05. The minimum Gasteiger partial charge on any atom is -0.434 e. The molecule has 0 radical (unpaired) electrons. The second-order valence-corrected chi connectivity index (χ2v) is 10.7. The molecule has 0 fully saturated rings. The Morgan fingerprint density at radius 2 is 1.74 bits per heavy atom. The summed E-state index contributed by atoms with van der Waals surface area (Å²) in [7, 11) is -3.87. The molecule has 0 amide bonds. The maximum atomic E-state index is 13.0. The number of hydrogen-bond acceptors (Lipinski definition) is 6. The van der Waals surface area contributed by atoms with Crippen LogP contribution in [0.5, 0.6) is 5.88 Å². The van der Waals surface area contributed by atoms with Gasteiger partial charge in [0.15, 0.2) is 0 Å². The molecule has 0 bridgehead atoms. The molecule has 2 N–H and O–H groups in total. The van der Waals surface area contributed by atoms with Crippen molar-refractivity contribution in [1.82, 2.24) is 9.97 Å². The molecule has 2 heterocycles. The van der Waals surface area contributed by atoms with E-state index < -0.39 is 16.2 Å². The highest BCUT2D eigenvalue weighted by molar-refractivity contribution is 7.92. The van der Waals surface area contributed by atoms with Crippen LogP contribution in [0.15, 0.2) is 71.8 Å². The van der Waals surface area contributed by atoms with Crippen LogP contribution in [0.3, 0.4) is 0 Å². The molecule has 4 rings (SSSR count). The van der Waals surface area contributed by atoms with Gasteiger partial charge in [0, 0.05) is 5.39 Å². The molecular formula is C26H27N3O5S. The highest BCUT2D eigenvalue weighted by Crippen LogP contribution is 2.38. The number of sulfonamides is 1. The number of anilines is 1. The molecule has 35 heavy (non-hydrogen) atoms. The van der Waals surface area contributed by atoms with Gasteiger partial charge in [-0.05, 0) is 41.7 Å². The Kier molecular flexibility index (Phi) is 6.53. The van der Waals surface area contributed by atoms with Crippen molar-refractivity contribution in [2.45, 2.75) is 38.0 Å². The second-order valence-electron chi connectivity index (χ2n) is 8.98. The molecule has 0 atom stereocenters. The molecule has 2 aromatic heterocycles. The number of nitrogens with one attached hydrogen (secondary N) is 2. The monoisotopic (exact) mass is 493 g/mol. The van der Waals surface area contributed by atoms with Crippen LogP contribution in [0.1, 0.15) is 33.3 Å². The van der Waals surface area contributed by atoms with Crippen LogP contribution in [0.2, 0.25) is 0 Å². The van der Waals surface area contributed by atoms with Gasteiger partial charge in [0.2, 0.25) is 5.88 Å². The van der Waals surface area contributed by atoms with Crippen LogP contribution < -0.4 is 9.46 Å². The van der Waals surface area contributed by atoms with Gasteiger partial charge in [-0.3, -0.25) is 4.72 Å². The molecule has 0 spiro atoms. The van der Waals surface area contributed by atoms with Crippen LogP contribution in [0.4, 0.5) is 10.6 Å². The number of carbonyl (C=O) groups is 1. The summed E-state index contributed by atoms with van der Waals surface area (Å²) in [6, 6.07) is 17.7. The third-order valence-corrected chi connectivity index (χ3v) is 6.80. The van der Waals surface area contributed by atoms with Crippen LogP contribution in [0.25, 0.3) is 22.0 Å². The van der Waals surface area contributed by atoms with Gasteiger partial charge in [-0.2, -0.15) is 0 Å². The van der Waals surface area contributed by atoms with E-state index in [2.05, 4.69) is 35.5 Å². The average Bonchev–Trinajstić information content (AvgIpc) is 3.16. The first-order chi connectivity index (χ1) is 16.6. The highest BCUT2D eigenvalue weighted by atomic mass is 32.2. The molecule has 9 heteroatoms. The number of nitrogens with zero attached hydrogens (tertiary/aromatic N) is 1. The summed E-state index contributed by atoms with van der Waals surface area (Å²) >= 11 is 0. The number of hydrogen-bond donors (Lipinski definition) is 2. The largest absolute Gasteiger partial charge is 0.515 e. The molecule has 8 nitrogen and oxygen atoms in total. The summed E-state index contributed by atoms with van der Waals surface area (Å²) < 4.78 is 38.9. The summed E-state index contributed by atoms with van der Waals surface area (Å²) in [5, 5.41) is 0.631. The van der Waals surface area contributed by atoms with E-state index in [0.29, 0.717) is 16.5 Å². The number of ether oxygens (including phenoxy) is 2. The van der Waals surface area contributed by atoms with Gasteiger partial charge < -0.3 is 14.5 Å². The summed E-state index contributed by atoms with van der Waals surface area (Å²) in [6.07, 6.45) is 0.643. The Balaban J connectivity index is 1.72. The number of fused-ring (bicyclic) bond motifs is 1. The number of H-pyrrole nitrogens is 1. The number of rotatable bonds is 6. The number of aromatic amines is 1. The molecule has 182 valence electrons. The van der Waals surface area contributed by atoms with E-state index in [4.69, 9.17) is 9.47 Å². The first-order valence-electron chi connectivity index (χ1n) is 11.1. The van der Waals surface area contributed by atoms with Gasteiger partial charge in [0.25, 0.3) is 10.0 Å². The van der Waals surface area contributed by atoms with E-state index in [1.807, 2.05) is 42.5 Å². The van der Waals surface area contributed by atoms with Crippen LogP contribution >= 0.6 is 0 Å². The lowest BCUT2D eigenvalue weighted by atomic mass is 9.87. The number of aromatic nitrogens is 2. The first-order valence-corrected chi connectivity index (χ1v) is 12.6. The molecule has 0 aliphatic carbocycles. The molecule has 0 unspecified atom stereocenters. The fourth-order valence-corrected chi connectivity index (χ4v) is 4.65. The number of pyridine rings is 1. The van der Waals surface area contributed by atoms with Gasteiger partial charge in [-0.25, -0.2) is 18.2 Å². The number of carbonyl (C=O) groups excluding carboxylic acids is 1. The fraction of sp³-hybridized carbons (Fsp3) is 0.231. The van der Waals surface area contributed by atoms with E-state index in [1.165, 1.54) is 6.20 Å². The quantitative estimate of drug-likeness (QED) is 0.325. The lowest BCUT2D eigenvalue weighted by Crippen LogP contribution is -2.15. The molecule has 0 aliphatic heterocycles. The second kappa shape index (κ2) is 9.42. The zero-order chi connectivity index (χ0) is 25.2. The average molecular weight is 494 g/mol. The lowest BCUT2D eigenvalue weighted by molar-refractivity contribution is 0.103. The van der Waals surface area contributed by atoms with Crippen molar-refractivity contribution in [1.29, 1.82) is 0 Å². The van der Waals surface area contributed by atoms with Crippen molar-refractivity contribution in [2.75, 3.05) is 11.3 Å². The standard InChI is InChI=1S/C26H27N3O5S/c1-5-33-25(30)34-24-23(17-9-7-6-8-10-17)20-15-22(27-16-21(20)28-24)29-35(31,32)19-13-11-18(12-14-19)26(2,3)4/h6-16,28H,5H2,1-4H3,(H,27,29). The Hall–Kier alpha value is -3.85. The third kappa shape index (κ3) is 5.30. The highest BCUT2D eigenvalue weighted by Gasteiger charge is 2.21. The summed E-state index contributed by atoms with van der Waals surface area (Å²) in [5.74, 6) is 0.320. The minimum absolute atomic E-state index is 0.0895. The van der Waals surface area contributed by atoms with E-state index in [0.717, 1.165) is 11.1 Å². The third-order valence-electron chi connectivity index (χ3n) is 5.43. The Morgan fingerprint density at radius 1 is 1.06 bits per heavy atom. The molecule has 0 saturated heterocycles. The summed E-state index contributed by atoms with van der Waals surface area (Å²) in [5.41, 5.74) is 2.88. The molecule has 2 aromatic carbocycles. The van der Waals surface area contributed by atoms with Gasteiger partial charge in [-0.15, -0.1) is 0 Å². The SMILES string of the molecule is CCOC(=O)Oc1[nH]c2cnc(NS(=O)(=O)c3ccc(C(C)(C)C)cc3)cc2c1-c1ccccc1. The molecule has 0 saturated carbocycles. The van der Waals surface area contributed by atoms with Crippen LogP contribution in [0, 0.1) is 0 Å². The molecule has 0 aliphatic rings. The van der Waals surface area contributed by atoms with Crippen molar-refractivity contribution in [2.24, 2.45) is 0 Å². The predicted octanol–water partition coefficient (Wildman–Crippen LogP) is 5.86. The van der Waals surface area contributed by atoms with Crippen molar-refractivity contribution in [3.8, 4) is 17.0 Å². The van der Waals surface area contributed by atoms with Gasteiger partial charge in [0.1, 0.15) is 5.82 Å². The van der Waals surface area contributed by atoms with E-state index in [9.17, 15) is 13.2 Å².